The van der Waals surface area contributed by atoms with Crippen molar-refractivity contribution in [3.8, 4) is 0 Å². The Kier molecular flexibility index (Phi) is 39.4. The Morgan fingerprint density at radius 1 is 0.509 bits per heavy atom. The number of carbonyl (C=O) groups is 2. The largest absolute Gasteiger partial charge is 0.466 e. The number of aryl methyl sites for hydroxylation is 1. The molecule has 0 aliphatic rings. The minimum atomic E-state index is -0.00537. The van der Waals surface area contributed by atoms with Gasteiger partial charge < -0.3 is 18.9 Å². The summed E-state index contributed by atoms with van der Waals surface area (Å²) in [6.07, 6.45) is 47.9. The number of nitrogens with zero attached hydrogens (tertiary/aromatic N) is 3. The van der Waals surface area contributed by atoms with Crippen LogP contribution >= 0.6 is 0 Å². The van der Waals surface area contributed by atoms with Crippen LogP contribution in [0.5, 0.6) is 0 Å². The highest BCUT2D eigenvalue weighted by atomic mass is 16.5. The van der Waals surface area contributed by atoms with E-state index in [-0.39, 0.29) is 17.9 Å². The first-order valence-corrected chi connectivity index (χ1v) is 25.1. The molecular formula is C50H95N3O4. The molecule has 334 valence electrons. The summed E-state index contributed by atoms with van der Waals surface area (Å²) in [6.45, 7) is 12.5. The lowest BCUT2D eigenvalue weighted by molar-refractivity contribution is -0.149. The van der Waals surface area contributed by atoms with Crippen LogP contribution < -0.4 is 0 Å². The van der Waals surface area contributed by atoms with E-state index in [0.717, 1.165) is 64.5 Å². The van der Waals surface area contributed by atoms with Gasteiger partial charge in [-0.15, -0.1) is 0 Å². The smallest absolute Gasteiger partial charge is 0.308 e. The van der Waals surface area contributed by atoms with Gasteiger partial charge in [0.25, 0.3) is 0 Å². The maximum atomic E-state index is 13.1. The fourth-order valence-corrected chi connectivity index (χ4v) is 8.02. The van der Waals surface area contributed by atoms with Crippen molar-refractivity contribution >= 4 is 11.9 Å². The summed E-state index contributed by atoms with van der Waals surface area (Å²) < 4.78 is 13.5. The van der Waals surface area contributed by atoms with Crippen molar-refractivity contribution in [3.63, 3.8) is 0 Å². The number of hydrogen-bond donors (Lipinski definition) is 0. The first-order valence-electron chi connectivity index (χ1n) is 25.1. The first kappa shape index (κ1) is 53.1. The van der Waals surface area contributed by atoms with Gasteiger partial charge in [0.15, 0.2) is 0 Å². The van der Waals surface area contributed by atoms with Gasteiger partial charge >= 0.3 is 11.9 Å². The van der Waals surface area contributed by atoms with Crippen LogP contribution in [0.1, 0.15) is 245 Å². The van der Waals surface area contributed by atoms with E-state index >= 15 is 0 Å². The van der Waals surface area contributed by atoms with E-state index in [1.165, 1.54) is 180 Å². The third-order valence-electron chi connectivity index (χ3n) is 11.8. The summed E-state index contributed by atoms with van der Waals surface area (Å²) in [4.78, 5) is 32.0. The fourth-order valence-electron chi connectivity index (χ4n) is 8.02. The molecule has 0 aliphatic carbocycles. The Morgan fingerprint density at radius 3 is 1.42 bits per heavy atom. The van der Waals surface area contributed by atoms with Gasteiger partial charge in [-0.3, -0.25) is 9.59 Å². The van der Waals surface area contributed by atoms with Crippen LogP contribution in [0.3, 0.4) is 0 Å². The molecule has 0 amide bonds. The van der Waals surface area contributed by atoms with E-state index in [2.05, 4.69) is 41.4 Å². The molecule has 0 bridgehead atoms. The monoisotopic (exact) mass is 802 g/mol. The predicted molar refractivity (Wildman–Crippen MR) is 243 cm³/mol. The minimum absolute atomic E-state index is 0.00537. The molecule has 1 rings (SSSR count). The first-order chi connectivity index (χ1) is 28.1. The van der Waals surface area contributed by atoms with Gasteiger partial charge in [0.1, 0.15) is 0 Å². The molecule has 0 aliphatic heterocycles. The van der Waals surface area contributed by atoms with Gasteiger partial charge in [-0.05, 0) is 71.0 Å². The van der Waals surface area contributed by atoms with Crippen molar-refractivity contribution in [2.24, 2.45) is 5.92 Å². The zero-order valence-corrected chi connectivity index (χ0v) is 38.3. The Morgan fingerprint density at radius 2 is 0.930 bits per heavy atom. The maximum Gasteiger partial charge on any atom is 0.308 e. The Bertz CT molecular complexity index is 955. The summed E-state index contributed by atoms with van der Waals surface area (Å²) in [7, 11) is 0. The highest BCUT2D eigenvalue weighted by molar-refractivity contribution is 5.72. The van der Waals surface area contributed by atoms with Crippen molar-refractivity contribution < 1.29 is 19.1 Å². The third kappa shape index (κ3) is 35.7. The molecule has 0 unspecified atom stereocenters. The maximum absolute atomic E-state index is 13.1. The second-order valence-electron chi connectivity index (χ2n) is 17.3. The zero-order valence-electron chi connectivity index (χ0n) is 38.3. The zero-order chi connectivity index (χ0) is 41.1. The number of rotatable bonds is 45. The molecule has 57 heavy (non-hydrogen) atoms. The van der Waals surface area contributed by atoms with Gasteiger partial charge in [-0.25, -0.2) is 4.98 Å². The normalized spacial score (nSPS) is 11.6. The van der Waals surface area contributed by atoms with Gasteiger partial charge in [-0.1, -0.05) is 188 Å². The molecular weight excluding hydrogens is 707 g/mol. The molecule has 1 heterocycles. The van der Waals surface area contributed by atoms with Crippen LogP contribution in [-0.4, -0.2) is 59.2 Å². The summed E-state index contributed by atoms with van der Waals surface area (Å²) >= 11 is 0. The topological polar surface area (TPSA) is 73.7 Å². The van der Waals surface area contributed by atoms with Crippen LogP contribution in [0, 0.1) is 5.92 Å². The van der Waals surface area contributed by atoms with Crippen molar-refractivity contribution in [1.29, 1.82) is 0 Å². The molecule has 0 saturated carbocycles. The quantitative estimate of drug-likeness (QED) is 0.0483. The van der Waals surface area contributed by atoms with Crippen molar-refractivity contribution in [2.75, 3.05) is 32.8 Å². The molecule has 7 heteroatoms. The minimum Gasteiger partial charge on any atom is -0.466 e. The van der Waals surface area contributed by atoms with E-state index < -0.39 is 0 Å². The number of imidazole rings is 1. The molecule has 0 spiro atoms. The number of unbranched alkanes of at least 4 members (excludes halogenated alkanes) is 26. The lowest BCUT2D eigenvalue weighted by atomic mass is 9.94. The molecule has 0 aromatic carbocycles. The van der Waals surface area contributed by atoms with Crippen LogP contribution in [0.25, 0.3) is 0 Å². The SMILES string of the molecule is CCCCCCCCCOC(=O)CCCCCCCCN(CCCCCCCCOC(=O)C(CCCCCCCC)CCCCCCCC)CCCn1ccnc1. The third-order valence-corrected chi connectivity index (χ3v) is 11.8. The number of aromatic nitrogens is 2. The van der Waals surface area contributed by atoms with E-state index in [9.17, 15) is 9.59 Å². The van der Waals surface area contributed by atoms with Gasteiger partial charge in [0.2, 0.25) is 0 Å². The average molecular weight is 802 g/mol. The molecule has 1 aromatic rings. The van der Waals surface area contributed by atoms with E-state index in [1.54, 1.807) is 0 Å². The number of hydrogen-bond acceptors (Lipinski definition) is 6. The summed E-state index contributed by atoms with van der Waals surface area (Å²) in [5.74, 6) is 0.183. The summed E-state index contributed by atoms with van der Waals surface area (Å²) in [5, 5.41) is 0. The average Bonchev–Trinajstić information content (AvgIpc) is 3.74. The number of carbonyl (C=O) groups excluding carboxylic acids is 2. The Labute approximate surface area is 354 Å². The van der Waals surface area contributed by atoms with Crippen LogP contribution in [0.4, 0.5) is 0 Å². The molecule has 0 radical (unpaired) electrons. The Balaban J connectivity index is 2.20. The van der Waals surface area contributed by atoms with E-state index in [0.29, 0.717) is 19.6 Å². The fraction of sp³-hybridized carbons (Fsp3) is 0.900. The molecule has 0 saturated heterocycles. The van der Waals surface area contributed by atoms with Crippen molar-refractivity contribution in [1.82, 2.24) is 14.5 Å². The molecule has 0 atom stereocenters. The second-order valence-corrected chi connectivity index (χ2v) is 17.3. The molecule has 0 N–H and O–H groups in total. The lowest BCUT2D eigenvalue weighted by Crippen LogP contribution is -2.28. The summed E-state index contributed by atoms with van der Waals surface area (Å²) in [5.41, 5.74) is 0. The van der Waals surface area contributed by atoms with E-state index in [1.807, 2.05) is 12.5 Å². The van der Waals surface area contributed by atoms with E-state index in [4.69, 9.17) is 9.47 Å². The van der Waals surface area contributed by atoms with Crippen LogP contribution in [0.2, 0.25) is 0 Å². The number of ether oxygens (including phenoxy) is 2. The molecule has 0 fully saturated rings. The van der Waals surface area contributed by atoms with Crippen LogP contribution in [0.15, 0.2) is 18.7 Å². The van der Waals surface area contributed by atoms with Gasteiger partial charge in [-0.2, -0.15) is 0 Å². The number of esters is 2. The molecule has 7 nitrogen and oxygen atoms in total. The highest BCUT2D eigenvalue weighted by Gasteiger charge is 2.19. The Hall–Kier alpha value is -1.89. The van der Waals surface area contributed by atoms with Crippen molar-refractivity contribution in [2.45, 2.75) is 252 Å². The standard InChI is InChI=1S/C50H95N3O4/c1-4-7-10-13-19-26-33-45-56-49(54)38-30-23-16-17-24-31-40-52(42-35-43-53-44-39-51-47-53)41-32-25-18-20-27-34-46-57-50(55)48(36-28-21-14-11-8-5-2)37-29-22-15-12-9-6-3/h39,44,47-48H,4-38,40-43,45-46H2,1-3H3. The van der Waals surface area contributed by atoms with Crippen LogP contribution in [-0.2, 0) is 25.6 Å². The van der Waals surface area contributed by atoms with Crippen molar-refractivity contribution in [3.05, 3.63) is 18.7 Å². The lowest BCUT2D eigenvalue weighted by Gasteiger charge is -2.22. The molecule has 1 aromatic heterocycles. The van der Waals surface area contributed by atoms with Gasteiger partial charge in [0.05, 0.1) is 25.5 Å². The highest BCUT2D eigenvalue weighted by Crippen LogP contribution is 2.21. The van der Waals surface area contributed by atoms with Gasteiger partial charge in [0, 0.05) is 25.4 Å². The predicted octanol–water partition coefficient (Wildman–Crippen LogP) is 14.6. The second kappa shape index (κ2) is 42.2. The summed E-state index contributed by atoms with van der Waals surface area (Å²) in [6, 6.07) is 0.